The van der Waals surface area contributed by atoms with Gasteiger partial charge in [0.2, 0.25) is 0 Å². The summed E-state index contributed by atoms with van der Waals surface area (Å²) in [6.45, 7) is 0.109. The Bertz CT molecular complexity index is 315. The molecule has 0 bridgehead atoms. The summed E-state index contributed by atoms with van der Waals surface area (Å²) in [7, 11) is 3.04. The van der Waals surface area contributed by atoms with E-state index in [-0.39, 0.29) is 6.79 Å². The van der Waals surface area contributed by atoms with E-state index in [2.05, 4.69) is 0 Å². The minimum atomic E-state index is 0.109. The molecule has 0 fully saturated rings. The van der Waals surface area contributed by atoms with E-state index in [1.54, 1.807) is 12.1 Å². The molecule has 0 saturated heterocycles. The van der Waals surface area contributed by atoms with E-state index < -0.39 is 0 Å². The molecule has 0 aliphatic heterocycles. The number of halogens is 2. The molecule has 0 saturated carbocycles. The third kappa shape index (κ3) is 2.67. The van der Waals surface area contributed by atoms with Crippen LogP contribution in [0.2, 0.25) is 10.0 Å². The second kappa shape index (κ2) is 5.29. The van der Waals surface area contributed by atoms with E-state index in [1.807, 2.05) is 0 Å². The predicted molar refractivity (Wildman–Crippen MR) is 55.5 cm³/mol. The molecule has 0 aromatic heterocycles. The van der Waals surface area contributed by atoms with Gasteiger partial charge in [0, 0.05) is 18.2 Å². The summed E-state index contributed by atoms with van der Waals surface area (Å²) in [5, 5.41) is 0.892. The smallest absolute Gasteiger partial charge is 0.188 e. The maximum Gasteiger partial charge on any atom is 0.188 e. The van der Waals surface area contributed by atoms with Crippen LogP contribution in [-0.4, -0.2) is 21.0 Å². The Morgan fingerprint density at radius 3 is 2.50 bits per heavy atom. The number of ether oxygens (including phenoxy) is 3. The van der Waals surface area contributed by atoms with E-state index in [9.17, 15) is 0 Å². The molecule has 0 amide bonds. The van der Waals surface area contributed by atoms with E-state index in [4.69, 9.17) is 37.4 Å². The van der Waals surface area contributed by atoms with E-state index in [1.165, 1.54) is 14.2 Å². The van der Waals surface area contributed by atoms with E-state index >= 15 is 0 Å². The Kier molecular flexibility index (Phi) is 4.32. The maximum atomic E-state index is 5.90. The first kappa shape index (κ1) is 11.4. The Morgan fingerprint density at radius 1 is 1.21 bits per heavy atom. The van der Waals surface area contributed by atoms with Crippen molar-refractivity contribution in [2.75, 3.05) is 21.0 Å². The SMILES string of the molecule is COCOc1c(Cl)cc(Cl)cc1OC. The average molecular weight is 237 g/mol. The molecule has 1 aromatic rings. The largest absolute Gasteiger partial charge is 0.493 e. The first-order valence-corrected chi connectivity index (χ1v) is 4.59. The first-order chi connectivity index (χ1) is 6.69. The zero-order valence-electron chi connectivity index (χ0n) is 7.84. The summed E-state index contributed by atoms with van der Waals surface area (Å²) in [4.78, 5) is 0. The Hall–Kier alpha value is -0.640. The Balaban J connectivity index is 2.99. The lowest BCUT2D eigenvalue weighted by molar-refractivity contribution is 0.0492. The molecule has 78 valence electrons. The Labute approximate surface area is 92.5 Å². The van der Waals surface area contributed by atoms with Gasteiger partial charge in [-0.2, -0.15) is 0 Å². The van der Waals surface area contributed by atoms with Gasteiger partial charge in [-0.15, -0.1) is 0 Å². The van der Waals surface area contributed by atoms with Crippen molar-refractivity contribution in [1.29, 1.82) is 0 Å². The summed E-state index contributed by atoms with van der Waals surface area (Å²) in [5.74, 6) is 0.917. The van der Waals surface area contributed by atoms with Crippen molar-refractivity contribution in [3.8, 4) is 11.5 Å². The molecule has 0 aliphatic carbocycles. The Morgan fingerprint density at radius 2 is 1.93 bits per heavy atom. The van der Waals surface area contributed by atoms with Crippen LogP contribution in [0, 0.1) is 0 Å². The van der Waals surface area contributed by atoms with Crippen LogP contribution in [0.25, 0.3) is 0 Å². The molecule has 0 N–H and O–H groups in total. The van der Waals surface area contributed by atoms with Gasteiger partial charge in [-0.3, -0.25) is 0 Å². The van der Waals surface area contributed by atoms with Gasteiger partial charge < -0.3 is 14.2 Å². The normalized spacial score (nSPS) is 10.0. The fourth-order valence-corrected chi connectivity index (χ4v) is 1.48. The lowest BCUT2D eigenvalue weighted by atomic mass is 10.3. The molecule has 0 unspecified atom stereocenters. The van der Waals surface area contributed by atoms with Crippen LogP contribution >= 0.6 is 23.2 Å². The highest BCUT2D eigenvalue weighted by molar-refractivity contribution is 6.35. The second-order valence-electron chi connectivity index (χ2n) is 2.47. The van der Waals surface area contributed by atoms with Crippen LogP contribution in [0.3, 0.4) is 0 Å². The summed E-state index contributed by atoms with van der Waals surface area (Å²) in [5.41, 5.74) is 0. The van der Waals surface area contributed by atoms with Crippen molar-refractivity contribution in [2.45, 2.75) is 0 Å². The standard InChI is InChI=1S/C9H10Cl2O3/c1-12-5-14-9-7(11)3-6(10)4-8(9)13-2/h3-4H,5H2,1-2H3. The zero-order valence-corrected chi connectivity index (χ0v) is 9.35. The molecule has 0 spiro atoms. The quantitative estimate of drug-likeness (QED) is 0.753. The minimum absolute atomic E-state index is 0.109. The molecule has 1 rings (SSSR count). The molecule has 0 atom stereocenters. The lowest BCUT2D eigenvalue weighted by Crippen LogP contribution is -2.01. The topological polar surface area (TPSA) is 27.7 Å². The third-order valence-electron chi connectivity index (χ3n) is 1.52. The minimum Gasteiger partial charge on any atom is -0.493 e. The van der Waals surface area contributed by atoms with Crippen LogP contribution in [0.5, 0.6) is 11.5 Å². The van der Waals surface area contributed by atoms with E-state index in [0.29, 0.717) is 21.5 Å². The number of rotatable bonds is 4. The molecule has 5 heteroatoms. The fraction of sp³-hybridized carbons (Fsp3) is 0.333. The van der Waals surface area contributed by atoms with Crippen LogP contribution < -0.4 is 9.47 Å². The summed E-state index contributed by atoms with van der Waals surface area (Å²) in [6.07, 6.45) is 0. The maximum absolute atomic E-state index is 5.90. The van der Waals surface area contributed by atoms with Gasteiger partial charge in [0.25, 0.3) is 0 Å². The van der Waals surface area contributed by atoms with Gasteiger partial charge in [-0.05, 0) is 6.07 Å². The summed E-state index contributed by atoms with van der Waals surface area (Å²) in [6, 6.07) is 3.20. The van der Waals surface area contributed by atoms with Gasteiger partial charge in [0.1, 0.15) is 0 Å². The summed E-state index contributed by atoms with van der Waals surface area (Å²) < 4.78 is 15.0. The monoisotopic (exact) mass is 236 g/mol. The molecule has 1 aromatic carbocycles. The van der Waals surface area contributed by atoms with Crippen LogP contribution in [-0.2, 0) is 4.74 Å². The van der Waals surface area contributed by atoms with Crippen molar-refractivity contribution in [1.82, 2.24) is 0 Å². The van der Waals surface area contributed by atoms with Gasteiger partial charge in [0.05, 0.1) is 12.1 Å². The van der Waals surface area contributed by atoms with Crippen molar-refractivity contribution < 1.29 is 14.2 Å². The number of hydrogen-bond donors (Lipinski definition) is 0. The van der Waals surface area contributed by atoms with Crippen LogP contribution in [0.1, 0.15) is 0 Å². The molecule has 0 radical (unpaired) electrons. The van der Waals surface area contributed by atoms with Gasteiger partial charge in [-0.1, -0.05) is 23.2 Å². The molecule has 3 nitrogen and oxygen atoms in total. The lowest BCUT2D eigenvalue weighted by Gasteiger charge is -2.11. The van der Waals surface area contributed by atoms with Crippen molar-refractivity contribution >= 4 is 23.2 Å². The predicted octanol–water partition coefficient (Wildman–Crippen LogP) is 2.98. The second-order valence-corrected chi connectivity index (χ2v) is 3.31. The molecular weight excluding hydrogens is 227 g/mol. The van der Waals surface area contributed by atoms with E-state index in [0.717, 1.165) is 0 Å². The van der Waals surface area contributed by atoms with Crippen molar-refractivity contribution in [3.63, 3.8) is 0 Å². The van der Waals surface area contributed by atoms with Gasteiger partial charge in [-0.25, -0.2) is 0 Å². The highest BCUT2D eigenvalue weighted by Gasteiger charge is 2.10. The highest BCUT2D eigenvalue weighted by atomic mass is 35.5. The first-order valence-electron chi connectivity index (χ1n) is 3.83. The zero-order chi connectivity index (χ0) is 10.6. The van der Waals surface area contributed by atoms with Crippen LogP contribution in [0.15, 0.2) is 12.1 Å². The average Bonchev–Trinajstić information content (AvgIpc) is 2.15. The van der Waals surface area contributed by atoms with Gasteiger partial charge in [0.15, 0.2) is 18.3 Å². The fourth-order valence-electron chi connectivity index (χ4n) is 0.946. The number of methoxy groups -OCH3 is 2. The molecule has 0 aliphatic rings. The third-order valence-corrected chi connectivity index (χ3v) is 2.01. The molecular formula is C9H10Cl2O3. The van der Waals surface area contributed by atoms with Gasteiger partial charge >= 0.3 is 0 Å². The number of hydrogen-bond acceptors (Lipinski definition) is 3. The molecule has 0 heterocycles. The molecule has 14 heavy (non-hydrogen) atoms. The number of benzene rings is 1. The van der Waals surface area contributed by atoms with Crippen LogP contribution in [0.4, 0.5) is 0 Å². The van der Waals surface area contributed by atoms with Crippen molar-refractivity contribution in [3.05, 3.63) is 22.2 Å². The summed E-state index contributed by atoms with van der Waals surface area (Å²) >= 11 is 11.7. The highest BCUT2D eigenvalue weighted by Crippen LogP contribution is 2.37. The van der Waals surface area contributed by atoms with Crippen molar-refractivity contribution in [2.24, 2.45) is 0 Å².